The summed E-state index contributed by atoms with van der Waals surface area (Å²) in [5.41, 5.74) is 5.82. The number of halogens is 1. The van der Waals surface area contributed by atoms with Gasteiger partial charge in [-0.1, -0.05) is 34.1 Å². The van der Waals surface area contributed by atoms with E-state index in [1.54, 1.807) is 24.3 Å². The lowest BCUT2D eigenvalue weighted by Crippen LogP contribution is -2.16. The number of nitrogens with two attached hydrogens (primary N) is 1. The summed E-state index contributed by atoms with van der Waals surface area (Å²) in [6.07, 6.45) is 0. The van der Waals surface area contributed by atoms with Crippen LogP contribution >= 0.6 is 15.9 Å². The first kappa shape index (κ1) is 12.9. The number of hydrogen-bond acceptors (Lipinski definition) is 4. The van der Waals surface area contributed by atoms with Crippen LogP contribution in [0, 0.1) is 22.7 Å². The first-order chi connectivity index (χ1) is 9.10. The molecule has 92 valence electrons. The fraction of sp³-hybridized carbons (Fsp3) is 0. The number of nitrogen functional groups attached to an aromatic ring is 1. The molecule has 1 heterocycles. The molecule has 2 aromatic rings. The molecule has 19 heavy (non-hydrogen) atoms. The van der Waals surface area contributed by atoms with E-state index in [9.17, 15) is 10.1 Å². The van der Waals surface area contributed by atoms with Gasteiger partial charge in [-0.2, -0.15) is 10.5 Å². The molecule has 0 aliphatic rings. The van der Waals surface area contributed by atoms with Gasteiger partial charge in [-0.3, -0.25) is 4.79 Å². The average molecular weight is 315 g/mol. The van der Waals surface area contributed by atoms with Gasteiger partial charge in [0.2, 0.25) is 0 Å². The van der Waals surface area contributed by atoms with Crippen LogP contribution in [0.4, 0.5) is 5.82 Å². The largest absolute Gasteiger partial charge is 0.384 e. The van der Waals surface area contributed by atoms with Crippen molar-refractivity contribution in [3.8, 4) is 23.3 Å². The number of benzene rings is 1. The second kappa shape index (κ2) is 4.97. The highest BCUT2D eigenvalue weighted by Crippen LogP contribution is 2.33. The fourth-order valence-corrected chi connectivity index (χ4v) is 2.26. The highest BCUT2D eigenvalue weighted by atomic mass is 79.9. The van der Waals surface area contributed by atoms with Crippen LogP contribution in [0.15, 0.2) is 33.5 Å². The molecule has 0 aliphatic carbocycles. The summed E-state index contributed by atoms with van der Waals surface area (Å²) in [6, 6.07) is 10.8. The Bertz CT molecular complexity index is 796. The van der Waals surface area contributed by atoms with E-state index in [-0.39, 0.29) is 22.5 Å². The molecule has 1 aromatic heterocycles. The maximum absolute atomic E-state index is 11.8. The molecule has 0 saturated heterocycles. The molecule has 0 fully saturated rings. The average Bonchev–Trinajstić information content (AvgIpc) is 2.38. The lowest BCUT2D eigenvalue weighted by Gasteiger charge is -2.10. The predicted octanol–water partition coefficient (Wildman–Crippen LogP) is 2.13. The van der Waals surface area contributed by atoms with Crippen molar-refractivity contribution in [3.05, 3.63) is 50.2 Å². The van der Waals surface area contributed by atoms with Gasteiger partial charge in [0.15, 0.2) is 0 Å². The highest BCUT2D eigenvalue weighted by molar-refractivity contribution is 9.10. The van der Waals surface area contributed by atoms with Crippen LogP contribution in [-0.4, -0.2) is 4.98 Å². The number of nitrogens with one attached hydrogen (secondary N) is 1. The number of H-pyrrole nitrogens is 1. The van der Waals surface area contributed by atoms with Gasteiger partial charge in [-0.05, 0) is 11.6 Å². The second-order valence-electron chi connectivity index (χ2n) is 3.70. The number of nitrogens with zero attached hydrogens (tertiary/aromatic N) is 2. The number of anilines is 1. The summed E-state index contributed by atoms with van der Waals surface area (Å²) < 4.78 is 0.674. The molecule has 0 atom stereocenters. The molecule has 5 nitrogen and oxygen atoms in total. The third-order valence-corrected chi connectivity index (χ3v) is 3.30. The molecule has 0 unspecified atom stereocenters. The summed E-state index contributed by atoms with van der Waals surface area (Å²) in [7, 11) is 0. The van der Waals surface area contributed by atoms with Crippen molar-refractivity contribution in [3.63, 3.8) is 0 Å². The first-order valence-electron chi connectivity index (χ1n) is 5.21. The minimum absolute atomic E-state index is 0.0442. The Labute approximate surface area is 117 Å². The van der Waals surface area contributed by atoms with Crippen molar-refractivity contribution in [2.75, 3.05) is 5.73 Å². The summed E-state index contributed by atoms with van der Waals surface area (Å²) in [5, 5.41) is 18.3. The maximum Gasteiger partial charge on any atom is 0.268 e. The van der Waals surface area contributed by atoms with Crippen LogP contribution < -0.4 is 11.3 Å². The third-order valence-electron chi connectivity index (χ3n) is 2.61. The molecule has 6 heteroatoms. The fourth-order valence-electron chi connectivity index (χ4n) is 1.78. The predicted molar refractivity (Wildman–Crippen MR) is 74.0 cm³/mol. The van der Waals surface area contributed by atoms with Crippen LogP contribution in [0.2, 0.25) is 0 Å². The summed E-state index contributed by atoms with van der Waals surface area (Å²) in [5.74, 6) is -0.0442. The maximum atomic E-state index is 11.8. The summed E-state index contributed by atoms with van der Waals surface area (Å²) in [6.45, 7) is 0. The molecule has 0 radical (unpaired) electrons. The molecule has 0 bridgehead atoms. The van der Waals surface area contributed by atoms with Crippen molar-refractivity contribution in [1.29, 1.82) is 10.5 Å². The number of pyridine rings is 1. The van der Waals surface area contributed by atoms with Gasteiger partial charge in [0, 0.05) is 10.0 Å². The Hall–Kier alpha value is -2.57. The minimum Gasteiger partial charge on any atom is -0.384 e. The van der Waals surface area contributed by atoms with E-state index in [0.717, 1.165) is 0 Å². The van der Waals surface area contributed by atoms with Crippen LogP contribution in [0.25, 0.3) is 11.1 Å². The number of rotatable bonds is 1. The molecular formula is C13H7BrN4O. The monoisotopic (exact) mass is 314 g/mol. The Kier molecular flexibility index (Phi) is 3.37. The number of nitriles is 2. The zero-order valence-corrected chi connectivity index (χ0v) is 11.2. The van der Waals surface area contributed by atoms with Crippen molar-refractivity contribution in [2.24, 2.45) is 0 Å². The quantitative estimate of drug-likeness (QED) is 0.840. The van der Waals surface area contributed by atoms with Gasteiger partial charge in [0.25, 0.3) is 5.56 Å². The zero-order chi connectivity index (χ0) is 14.0. The Morgan fingerprint density at radius 2 is 1.79 bits per heavy atom. The van der Waals surface area contributed by atoms with E-state index in [0.29, 0.717) is 10.0 Å². The Morgan fingerprint density at radius 1 is 1.16 bits per heavy atom. The van der Waals surface area contributed by atoms with Gasteiger partial charge in [0.1, 0.15) is 29.1 Å². The number of hydrogen-bond donors (Lipinski definition) is 2. The Balaban J connectivity index is 2.99. The zero-order valence-electron chi connectivity index (χ0n) is 9.57. The SMILES string of the molecule is N#Cc1c(N)[nH]c(=O)c(C#N)c1-c1ccccc1Br. The van der Waals surface area contributed by atoms with Crippen LogP contribution in [0.1, 0.15) is 11.1 Å². The van der Waals surface area contributed by atoms with E-state index in [4.69, 9.17) is 11.0 Å². The highest BCUT2D eigenvalue weighted by Gasteiger charge is 2.19. The molecule has 3 N–H and O–H groups in total. The topological polar surface area (TPSA) is 106 Å². The van der Waals surface area contributed by atoms with Crippen LogP contribution in [0.3, 0.4) is 0 Å². The summed E-state index contributed by atoms with van der Waals surface area (Å²) in [4.78, 5) is 14.1. The van der Waals surface area contributed by atoms with E-state index in [2.05, 4.69) is 20.9 Å². The van der Waals surface area contributed by atoms with Gasteiger partial charge in [-0.15, -0.1) is 0 Å². The van der Waals surface area contributed by atoms with Crippen LogP contribution in [-0.2, 0) is 0 Å². The van der Waals surface area contributed by atoms with Gasteiger partial charge in [0.05, 0.1) is 0 Å². The van der Waals surface area contributed by atoms with Crippen molar-refractivity contribution >= 4 is 21.7 Å². The second-order valence-corrected chi connectivity index (χ2v) is 4.55. The van der Waals surface area contributed by atoms with Gasteiger partial charge in [-0.25, -0.2) is 0 Å². The molecule has 0 aliphatic heterocycles. The minimum atomic E-state index is -0.607. The lowest BCUT2D eigenvalue weighted by atomic mass is 9.97. The standard InChI is InChI=1S/C13H7BrN4O/c14-10-4-2-1-3-7(10)11-8(5-15)12(17)18-13(19)9(11)6-16/h1-4H,(H3,17,18,19). The lowest BCUT2D eigenvalue weighted by molar-refractivity contribution is 1.21. The molecule has 0 spiro atoms. The molecule has 1 aromatic carbocycles. The van der Waals surface area contributed by atoms with Crippen molar-refractivity contribution in [2.45, 2.75) is 0 Å². The van der Waals surface area contributed by atoms with E-state index < -0.39 is 5.56 Å². The number of aromatic nitrogens is 1. The molecule has 2 rings (SSSR count). The van der Waals surface area contributed by atoms with E-state index in [1.807, 2.05) is 12.1 Å². The van der Waals surface area contributed by atoms with Gasteiger partial charge >= 0.3 is 0 Å². The van der Waals surface area contributed by atoms with Gasteiger partial charge < -0.3 is 10.7 Å². The van der Waals surface area contributed by atoms with Crippen LogP contribution in [0.5, 0.6) is 0 Å². The van der Waals surface area contributed by atoms with E-state index >= 15 is 0 Å². The molecule has 0 amide bonds. The normalized spacial score (nSPS) is 9.63. The van der Waals surface area contributed by atoms with E-state index in [1.165, 1.54) is 0 Å². The smallest absolute Gasteiger partial charge is 0.268 e. The number of aromatic amines is 1. The molecular weight excluding hydrogens is 308 g/mol. The van der Waals surface area contributed by atoms with Crippen molar-refractivity contribution < 1.29 is 0 Å². The van der Waals surface area contributed by atoms with Crippen molar-refractivity contribution in [1.82, 2.24) is 4.98 Å². The Morgan fingerprint density at radius 3 is 2.37 bits per heavy atom. The third kappa shape index (κ3) is 2.10. The summed E-state index contributed by atoms with van der Waals surface area (Å²) >= 11 is 3.34. The first-order valence-corrected chi connectivity index (χ1v) is 6.00. The molecule has 0 saturated carbocycles.